The van der Waals surface area contributed by atoms with Crippen LogP contribution in [0.4, 0.5) is 5.69 Å². The third-order valence-electron chi connectivity index (χ3n) is 4.04. The zero-order valence-corrected chi connectivity index (χ0v) is 15.4. The van der Waals surface area contributed by atoms with E-state index < -0.39 is 0 Å². The van der Waals surface area contributed by atoms with Crippen LogP contribution in [0, 0.1) is 4.77 Å². The Morgan fingerprint density at radius 3 is 2.62 bits per heavy atom. The fourth-order valence-corrected chi connectivity index (χ4v) is 2.81. The number of aromatic hydroxyl groups is 1. The Morgan fingerprint density at radius 1 is 1.23 bits per heavy atom. The molecule has 3 rings (SSSR count). The van der Waals surface area contributed by atoms with Crippen molar-refractivity contribution in [1.82, 2.24) is 19.9 Å². The predicted molar refractivity (Wildman–Crippen MR) is 105 cm³/mol. The number of hydrogen-bond acceptors (Lipinski definition) is 6. The molecule has 134 valence electrons. The Morgan fingerprint density at radius 2 is 1.96 bits per heavy atom. The maximum Gasteiger partial charge on any atom is 0.216 e. The van der Waals surface area contributed by atoms with Gasteiger partial charge in [0.15, 0.2) is 5.82 Å². The van der Waals surface area contributed by atoms with Gasteiger partial charge in [-0.15, -0.1) is 0 Å². The molecule has 1 aromatic carbocycles. The standard InChI is InChI=1S/C18H20N6OS/c1-3-23(4-2)15-6-5-14(16(25)11-15)12-20-24-17(21-22-18(24)26)13-7-9-19-10-8-13/h5-12,25H,3-4H2,1-2H3,(H,22,26)/b20-12+. The number of hydrogen-bond donors (Lipinski definition) is 2. The van der Waals surface area contributed by atoms with E-state index in [-0.39, 0.29) is 5.75 Å². The SMILES string of the molecule is CCN(CC)c1ccc(/C=N/n2c(-c3ccncc3)n[nH]c2=S)c(O)c1. The molecule has 0 aliphatic heterocycles. The Kier molecular flexibility index (Phi) is 5.43. The number of anilines is 1. The number of benzene rings is 1. The average Bonchev–Trinajstić information content (AvgIpc) is 3.03. The molecule has 0 saturated carbocycles. The van der Waals surface area contributed by atoms with Crippen molar-refractivity contribution < 1.29 is 5.11 Å². The van der Waals surface area contributed by atoms with Gasteiger partial charge in [-0.25, -0.2) is 5.10 Å². The summed E-state index contributed by atoms with van der Waals surface area (Å²) < 4.78 is 1.88. The second-order valence-corrected chi connectivity index (χ2v) is 5.95. The molecule has 0 atom stereocenters. The van der Waals surface area contributed by atoms with Crippen molar-refractivity contribution in [3.63, 3.8) is 0 Å². The van der Waals surface area contributed by atoms with Crippen molar-refractivity contribution >= 4 is 24.1 Å². The molecular weight excluding hydrogens is 348 g/mol. The van der Waals surface area contributed by atoms with Gasteiger partial charge in [0, 0.05) is 48.4 Å². The van der Waals surface area contributed by atoms with E-state index in [4.69, 9.17) is 12.2 Å². The molecule has 0 aliphatic rings. The van der Waals surface area contributed by atoms with Crippen LogP contribution in [-0.2, 0) is 0 Å². The monoisotopic (exact) mass is 368 g/mol. The Balaban J connectivity index is 1.92. The zero-order valence-electron chi connectivity index (χ0n) is 14.6. The zero-order chi connectivity index (χ0) is 18.5. The first-order chi connectivity index (χ1) is 12.6. The molecule has 0 spiro atoms. The van der Waals surface area contributed by atoms with Crippen LogP contribution >= 0.6 is 12.2 Å². The number of phenolic OH excluding ortho intramolecular Hbond substituents is 1. The van der Waals surface area contributed by atoms with E-state index in [2.05, 4.69) is 39.0 Å². The molecule has 0 saturated heterocycles. The van der Waals surface area contributed by atoms with Crippen molar-refractivity contribution in [2.45, 2.75) is 13.8 Å². The fourth-order valence-electron chi connectivity index (χ4n) is 2.63. The van der Waals surface area contributed by atoms with Crippen LogP contribution in [0.2, 0.25) is 0 Å². The quantitative estimate of drug-likeness (QED) is 0.514. The van der Waals surface area contributed by atoms with Gasteiger partial charge in [0.1, 0.15) is 5.75 Å². The van der Waals surface area contributed by atoms with Gasteiger partial charge in [-0.1, -0.05) is 0 Å². The average molecular weight is 368 g/mol. The largest absolute Gasteiger partial charge is 0.507 e. The number of aromatic amines is 1. The second-order valence-electron chi connectivity index (χ2n) is 5.56. The number of aromatic nitrogens is 4. The Bertz CT molecular complexity index is 959. The second kappa shape index (κ2) is 7.92. The molecule has 0 radical (unpaired) electrons. The van der Waals surface area contributed by atoms with Crippen molar-refractivity contribution in [3.8, 4) is 17.1 Å². The molecule has 3 aromatic rings. The summed E-state index contributed by atoms with van der Waals surface area (Å²) in [5.74, 6) is 0.742. The molecular formula is C18H20N6OS. The molecule has 0 bridgehead atoms. The summed E-state index contributed by atoms with van der Waals surface area (Å²) in [7, 11) is 0. The summed E-state index contributed by atoms with van der Waals surface area (Å²) in [5, 5.41) is 21.7. The minimum Gasteiger partial charge on any atom is -0.507 e. The van der Waals surface area contributed by atoms with Gasteiger partial charge in [-0.3, -0.25) is 4.98 Å². The summed E-state index contributed by atoms with van der Waals surface area (Å²) in [6, 6.07) is 9.20. The Labute approximate surface area is 156 Å². The van der Waals surface area contributed by atoms with E-state index in [1.54, 1.807) is 24.7 Å². The third kappa shape index (κ3) is 3.65. The first kappa shape index (κ1) is 17.8. The lowest BCUT2D eigenvalue weighted by atomic mass is 10.2. The molecule has 2 aromatic heterocycles. The highest BCUT2D eigenvalue weighted by Crippen LogP contribution is 2.24. The number of rotatable bonds is 6. The summed E-state index contributed by atoms with van der Waals surface area (Å²) in [6.07, 6.45) is 4.93. The van der Waals surface area contributed by atoms with Crippen LogP contribution in [0.5, 0.6) is 5.75 Å². The maximum atomic E-state index is 10.3. The van der Waals surface area contributed by atoms with Crippen molar-refractivity contribution in [3.05, 3.63) is 53.1 Å². The van der Waals surface area contributed by atoms with Crippen molar-refractivity contribution in [2.75, 3.05) is 18.0 Å². The number of nitrogens with one attached hydrogen (secondary N) is 1. The highest BCUT2D eigenvalue weighted by atomic mass is 32.1. The first-order valence-electron chi connectivity index (χ1n) is 8.34. The van der Waals surface area contributed by atoms with E-state index in [0.717, 1.165) is 24.3 Å². The molecule has 26 heavy (non-hydrogen) atoms. The van der Waals surface area contributed by atoms with Gasteiger partial charge in [0.25, 0.3) is 0 Å². The van der Waals surface area contributed by atoms with Crippen molar-refractivity contribution in [1.29, 1.82) is 0 Å². The summed E-state index contributed by atoms with van der Waals surface area (Å²) in [4.78, 5) is 6.16. The predicted octanol–water partition coefficient (Wildman–Crippen LogP) is 3.44. The minimum atomic E-state index is 0.165. The van der Waals surface area contributed by atoms with Crippen LogP contribution in [0.15, 0.2) is 47.8 Å². The molecule has 0 fully saturated rings. The maximum absolute atomic E-state index is 10.3. The van der Waals surface area contributed by atoms with Crippen LogP contribution in [0.1, 0.15) is 19.4 Å². The fraction of sp³-hybridized carbons (Fsp3) is 0.222. The molecule has 8 heteroatoms. The van der Waals surface area contributed by atoms with Gasteiger partial charge in [0.2, 0.25) is 4.77 Å². The van der Waals surface area contributed by atoms with Crippen LogP contribution in [0.25, 0.3) is 11.4 Å². The smallest absolute Gasteiger partial charge is 0.216 e. The van der Waals surface area contributed by atoms with Gasteiger partial charge in [-0.2, -0.15) is 14.9 Å². The molecule has 0 aliphatic carbocycles. The van der Waals surface area contributed by atoms with Crippen LogP contribution in [0.3, 0.4) is 0 Å². The van der Waals surface area contributed by atoms with Crippen LogP contribution in [-0.4, -0.2) is 44.3 Å². The lowest BCUT2D eigenvalue weighted by Crippen LogP contribution is -2.21. The van der Waals surface area contributed by atoms with Crippen LogP contribution < -0.4 is 4.90 Å². The summed E-state index contributed by atoms with van der Waals surface area (Å²) in [6.45, 7) is 5.92. The van der Waals surface area contributed by atoms with Gasteiger partial charge < -0.3 is 10.0 Å². The topological polar surface area (TPSA) is 82.3 Å². The number of nitrogens with zero attached hydrogens (tertiary/aromatic N) is 5. The summed E-state index contributed by atoms with van der Waals surface area (Å²) >= 11 is 5.25. The van der Waals surface area contributed by atoms with Gasteiger partial charge >= 0.3 is 0 Å². The molecule has 2 N–H and O–H groups in total. The van der Waals surface area contributed by atoms with E-state index >= 15 is 0 Å². The number of pyridine rings is 1. The number of H-pyrrole nitrogens is 1. The normalized spacial score (nSPS) is 11.2. The van der Waals surface area contributed by atoms with Gasteiger partial charge in [-0.05, 0) is 50.3 Å². The third-order valence-corrected chi connectivity index (χ3v) is 4.31. The lowest BCUT2D eigenvalue weighted by molar-refractivity contribution is 0.474. The van der Waals surface area contributed by atoms with E-state index in [1.807, 2.05) is 24.3 Å². The first-order valence-corrected chi connectivity index (χ1v) is 8.75. The molecule has 0 unspecified atom stereocenters. The van der Waals surface area contributed by atoms with Crippen molar-refractivity contribution in [2.24, 2.45) is 5.10 Å². The lowest BCUT2D eigenvalue weighted by Gasteiger charge is -2.21. The van der Waals surface area contributed by atoms with E-state index in [9.17, 15) is 5.11 Å². The molecule has 2 heterocycles. The highest BCUT2D eigenvalue weighted by molar-refractivity contribution is 7.71. The number of phenols is 1. The van der Waals surface area contributed by atoms with E-state index in [1.165, 1.54) is 4.68 Å². The molecule has 0 amide bonds. The summed E-state index contributed by atoms with van der Waals surface area (Å²) in [5.41, 5.74) is 2.41. The minimum absolute atomic E-state index is 0.165. The Hall–Kier alpha value is -3.00. The highest BCUT2D eigenvalue weighted by Gasteiger charge is 2.09. The van der Waals surface area contributed by atoms with Gasteiger partial charge in [0.05, 0.1) is 6.21 Å². The van der Waals surface area contributed by atoms with E-state index in [0.29, 0.717) is 16.2 Å². The molecule has 7 nitrogen and oxygen atoms in total.